The number of anilines is 1. The summed E-state index contributed by atoms with van der Waals surface area (Å²) in [6.45, 7) is 9.44. The number of ether oxygens (including phenoxy) is 1. The minimum Gasteiger partial charge on any atom is -0.449 e. The molecular formula is C23H35NO3. The average molecular weight is 374 g/mol. The Labute approximate surface area is 163 Å². The van der Waals surface area contributed by atoms with Crippen LogP contribution in [0.4, 0.5) is 10.5 Å². The smallest absolute Gasteiger partial charge is 0.411 e. The maximum Gasteiger partial charge on any atom is 0.411 e. The zero-order valence-corrected chi connectivity index (χ0v) is 17.3. The first kappa shape index (κ1) is 20.2. The number of carbonyl (C=O) groups excluding carboxylic acids is 1. The van der Waals surface area contributed by atoms with Crippen LogP contribution in [0.25, 0.3) is 0 Å². The first-order valence-electron chi connectivity index (χ1n) is 10.4. The van der Waals surface area contributed by atoms with Gasteiger partial charge in [-0.25, -0.2) is 4.79 Å². The zero-order valence-electron chi connectivity index (χ0n) is 17.3. The first-order valence-corrected chi connectivity index (χ1v) is 10.4. The fourth-order valence-corrected chi connectivity index (χ4v) is 6.21. The van der Waals surface area contributed by atoms with Crippen molar-refractivity contribution in [2.45, 2.75) is 71.8 Å². The summed E-state index contributed by atoms with van der Waals surface area (Å²) in [6, 6.07) is 9.33. The van der Waals surface area contributed by atoms with Crippen LogP contribution in [0.3, 0.4) is 0 Å². The van der Waals surface area contributed by atoms with Gasteiger partial charge in [-0.3, -0.25) is 5.32 Å². The van der Waals surface area contributed by atoms with Gasteiger partial charge in [0, 0.05) is 5.69 Å². The minimum absolute atomic E-state index is 0.1000. The Kier molecular flexibility index (Phi) is 5.58. The lowest BCUT2D eigenvalue weighted by molar-refractivity contribution is -0.171. The van der Waals surface area contributed by atoms with Crippen LogP contribution < -0.4 is 5.32 Å². The van der Waals surface area contributed by atoms with Crippen molar-refractivity contribution >= 4 is 11.8 Å². The molecule has 2 N–H and O–H groups in total. The Bertz CT molecular complexity index is 655. The molecule has 0 aromatic heterocycles. The highest BCUT2D eigenvalue weighted by molar-refractivity contribution is 5.84. The predicted octanol–water partition coefficient (Wildman–Crippen LogP) is 5.62. The molecule has 0 spiro atoms. The maximum absolute atomic E-state index is 12.1. The van der Waals surface area contributed by atoms with E-state index in [1.807, 2.05) is 37.3 Å². The quantitative estimate of drug-likeness (QED) is 0.720. The van der Waals surface area contributed by atoms with Crippen LogP contribution in [-0.2, 0) is 4.74 Å². The Hall–Kier alpha value is -1.55. The molecule has 150 valence electrons. The summed E-state index contributed by atoms with van der Waals surface area (Å²) in [4.78, 5) is 12.1. The van der Waals surface area contributed by atoms with Gasteiger partial charge in [-0.1, -0.05) is 45.4 Å². The lowest BCUT2D eigenvalue weighted by Gasteiger charge is -2.61. The molecule has 4 heteroatoms. The highest BCUT2D eigenvalue weighted by Gasteiger charge is 2.57. The topological polar surface area (TPSA) is 58.6 Å². The zero-order chi connectivity index (χ0) is 19.7. The van der Waals surface area contributed by atoms with Crippen molar-refractivity contribution in [2.24, 2.45) is 22.7 Å². The maximum atomic E-state index is 12.1. The molecule has 3 unspecified atom stereocenters. The van der Waals surface area contributed by atoms with E-state index in [9.17, 15) is 9.90 Å². The Morgan fingerprint density at radius 2 is 1.85 bits per heavy atom. The molecule has 1 aromatic carbocycles. The van der Waals surface area contributed by atoms with Crippen molar-refractivity contribution in [3.63, 3.8) is 0 Å². The average Bonchev–Trinajstić information content (AvgIpc) is 2.57. The van der Waals surface area contributed by atoms with Crippen molar-refractivity contribution in [1.29, 1.82) is 0 Å². The second-order valence-corrected chi connectivity index (χ2v) is 9.76. The van der Waals surface area contributed by atoms with Gasteiger partial charge in [-0.2, -0.15) is 0 Å². The van der Waals surface area contributed by atoms with E-state index in [-0.39, 0.29) is 11.3 Å². The monoisotopic (exact) mass is 373 g/mol. The van der Waals surface area contributed by atoms with E-state index < -0.39 is 11.7 Å². The molecule has 1 amide bonds. The Morgan fingerprint density at radius 3 is 2.56 bits per heavy atom. The number of nitrogens with one attached hydrogen (secondary N) is 1. The molecule has 0 heterocycles. The SMILES string of the molecule is CC1(C)CCCC2(C)C1CC[C@@](C)(O)C2CCOC(=O)Nc1ccccc1. The lowest BCUT2D eigenvalue weighted by atomic mass is 9.45. The van der Waals surface area contributed by atoms with Crippen LogP contribution in [0.2, 0.25) is 0 Å². The third-order valence-electron chi connectivity index (χ3n) is 7.42. The molecule has 2 aliphatic rings. The van der Waals surface area contributed by atoms with E-state index >= 15 is 0 Å². The third kappa shape index (κ3) is 4.16. The van der Waals surface area contributed by atoms with Crippen molar-refractivity contribution in [1.82, 2.24) is 0 Å². The van der Waals surface area contributed by atoms with Gasteiger partial charge in [0.2, 0.25) is 0 Å². The van der Waals surface area contributed by atoms with Gasteiger partial charge in [0.15, 0.2) is 0 Å². The number of amides is 1. The van der Waals surface area contributed by atoms with Gasteiger partial charge in [0.25, 0.3) is 0 Å². The van der Waals surface area contributed by atoms with Gasteiger partial charge in [-0.05, 0) is 73.8 Å². The Morgan fingerprint density at radius 1 is 1.15 bits per heavy atom. The van der Waals surface area contributed by atoms with E-state index in [2.05, 4.69) is 26.1 Å². The highest BCUT2D eigenvalue weighted by Crippen LogP contribution is 2.62. The van der Waals surface area contributed by atoms with Crippen LogP contribution in [0.5, 0.6) is 0 Å². The van der Waals surface area contributed by atoms with Crippen LogP contribution in [-0.4, -0.2) is 23.4 Å². The standard InChI is InChI=1S/C23H35NO3/c1-21(2)13-8-14-22(3)18(21)11-15-23(4,26)19(22)12-16-27-20(25)24-17-9-6-5-7-10-17/h5-7,9-10,18-19,26H,8,11-16H2,1-4H3,(H,24,25)/t18?,19?,22?,23-/m1/s1. The molecule has 2 saturated carbocycles. The lowest BCUT2D eigenvalue weighted by Crippen LogP contribution is -2.57. The van der Waals surface area contributed by atoms with Gasteiger partial charge >= 0.3 is 6.09 Å². The number of rotatable bonds is 4. The van der Waals surface area contributed by atoms with Gasteiger partial charge in [0.1, 0.15) is 0 Å². The van der Waals surface area contributed by atoms with Crippen LogP contribution in [0, 0.1) is 22.7 Å². The first-order chi connectivity index (χ1) is 12.7. The summed E-state index contributed by atoms with van der Waals surface area (Å²) in [5.41, 5.74) is 0.446. The summed E-state index contributed by atoms with van der Waals surface area (Å²) in [5.74, 6) is 0.759. The van der Waals surface area contributed by atoms with E-state index in [1.54, 1.807) is 0 Å². The minimum atomic E-state index is -0.696. The number of fused-ring (bicyclic) bond motifs is 1. The van der Waals surface area contributed by atoms with Crippen LogP contribution in [0.15, 0.2) is 30.3 Å². The van der Waals surface area contributed by atoms with Crippen molar-refractivity contribution < 1.29 is 14.6 Å². The molecular weight excluding hydrogens is 338 g/mol. The molecule has 2 fully saturated rings. The van der Waals surface area contributed by atoms with Crippen LogP contribution >= 0.6 is 0 Å². The number of benzene rings is 1. The largest absolute Gasteiger partial charge is 0.449 e. The second kappa shape index (κ2) is 7.46. The molecule has 27 heavy (non-hydrogen) atoms. The number of aliphatic hydroxyl groups is 1. The number of hydrogen-bond donors (Lipinski definition) is 2. The molecule has 4 nitrogen and oxygen atoms in total. The fourth-order valence-electron chi connectivity index (χ4n) is 6.21. The van der Waals surface area contributed by atoms with Crippen molar-refractivity contribution in [3.05, 3.63) is 30.3 Å². The summed E-state index contributed by atoms with van der Waals surface area (Å²) < 4.78 is 5.46. The van der Waals surface area contributed by atoms with E-state index in [0.29, 0.717) is 24.4 Å². The van der Waals surface area contributed by atoms with E-state index in [4.69, 9.17) is 4.74 Å². The molecule has 0 radical (unpaired) electrons. The summed E-state index contributed by atoms with van der Waals surface area (Å²) in [6.07, 6.45) is 5.82. The summed E-state index contributed by atoms with van der Waals surface area (Å²) in [5, 5.41) is 13.9. The van der Waals surface area contributed by atoms with Gasteiger partial charge < -0.3 is 9.84 Å². The molecule has 4 atom stereocenters. The van der Waals surface area contributed by atoms with Crippen LogP contribution in [0.1, 0.15) is 66.2 Å². The van der Waals surface area contributed by atoms with E-state index in [0.717, 1.165) is 24.9 Å². The molecule has 0 bridgehead atoms. The molecule has 1 aromatic rings. The summed E-state index contributed by atoms with van der Waals surface area (Å²) >= 11 is 0. The highest BCUT2D eigenvalue weighted by atomic mass is 16.5. The number of para-hydroxylation sites is 1. The summed E-state index contributed by atoms with van der Waals surface area (Å²) in [7, 11) is 0. The molecule has 0 saturated heterocycles. The normalized spacial score (nSPS) is 35.1. The van der Waals surface area contributed by atoms with Gasteiger partial charge in [-0.15, -0.1) is 0 Å². The molecule has 2 aliphatic carbocycles. The van der Waals surface area contributed by atoms with E-state index in [1.165, 1.54) is 12.8 Å². The number of hydrogen-bond acceptors (Lipinski definition) is 3. The van der Waals surface area contributed by atoms with Crippen molar-refractivity contribution in [3.8, 4) is 0 Å². The third-order valence-corrected chi connectivity index (χ3v) is 7.42. The number of carbonyl (C=O) groups is 1. The molecule has 0 aliphatic heterocycles. The van der Waals surface area contributed by atoms with Gasteiger partial charge in [0.05, 0.1) is 12.2 Å². The predicted molar refractivity (Wildman–Crippen MR) is 109 cm³/mol. The van der Waals surface area contributed by atoms with Crippen molar-refractivity contribution in [2.75, 3.05) is 11.9 Å². The Balaban J connectivity index is 1.64. The fraction of sp³-hybridized carbons (Fsp3) is 0.696. The molecule has 3 rings (SSSR count). The second-order valence-electron chi connectivity index (χ2n) is 9.76.